The largest absolute Gasteiger partial charge is 0.373 e. The Morgan fingerprint density at radius 3 is 2.33 bits per heavy atom. The zero-order valence-electron chi connectivity index (χ0n) is 10.0. The molecule has 0 spiro atoms. The molecular weight excluding hydrogens is 228 g/mol. The highest BCUT2D eigenvalue weighted by Gasteiger charge is 2.14. The van der Waals surface area contributed by atoms with Crippen molar-refractivity contribution in [1.82, 2.24) is 0 Å². The summed E-state index contributed by atoms with van der Waals surface area (Å²) in [4.78, 5) is 10.5. The molecule has 0 aromatic heterocycles. The maximum absolute atomic E-state index is 10.9. The van der Waals surface area contributed by atoms with Crippen molar-refractivity contribution >= 4 is 11.4 Å². The van der Waals surface area contributed by atoms with Gasteiger partial charge in [-0.25, -0.2) is 0 Å². The number of rotatable bonds is 4. The summed E-state index contributed by atoms with van der Waals surface area (Å²) < 4.78 is 0. The Balaban J connectivity index is 2.22. The van der Waals surface area contributed by atoms with Crippen molar-refractivity contribution in [3.8, 4) is 0 Å². The highest BCUT2D eigenvalue weighted by Crippen LogP contribution is 2.27. The molecule has 0 aliphatic rings. The number of nitrogens with one attached hydrogen (secondary N) is 1. The van der Waals surface area contributed by atoms with E-state index < -0.39 is 0 Å². The van der Waals surface area contributed by atoms with Gasteiger partial charge in [0, 0.05) is 12.1 Å². The van der Waals surface area contributed by atoms with Crippen molar-refractivity contribution < 1.29 is 4.92 Å². The van der Waals surface area contributed by atoms with E-state index in [1.165, 1.54) is 6.07 Å². The number of anilines is 1. The van der Waals surface area contributed by atoms with Gasteiger partial charge >= 0.3 is 0 Å². The van der Waals surface area contributed by atoms with Crippen LogP contribution < -0.4 is 5.32 Å². The number of hydrogen-bond donors (Lipinski definition) is 1. The Hall–Kier alpha value is -2.36. The molecule has 0 fully saturated rings. The van der Waals surface area contributed by atoms with Gasteiger partial charge in [0.05, 0.1) is 4.92 Å². The number of para-hydroxylation sites is 2. The van der Waals surface area contributed by atoms with Crippen LogP contribution in [0.25, 0.3) is 0 Å². The predicted molar refractivity (Wildman–Crippen MR) is 71.6 cm³/mol. The minimum atomic E-state index is -0.375. The lowest BCUT2D eigenvalue weighted by Crippen LogP contribution is -2.08. The minimum Gasteiger partial charge on any atom is -0.373 e. The van der Waals surface area contributed by atoms with E-state index in [1.54, 1.807) is 18.2 Å². The third-order valence-corrected chi connectivity index (χ3v) is 2.77. The SMILES string of the molecule is C[C@H](Nc1ccccc1[N+](=O)[O-])c1ccccc1. The molecule has 92 valence electrons. The quantitative estimate of drug-likeness (QED) is 0.656. The van der Waals surface area contributed by atoms with Crippen LogP contribution in [0.15, 0.2) is 54.6 Å². The van der Waals surface area contributed by atoms with Crippen LogP contribution >= 0.6 is 0 Å². The standard InChI is InChI=1S/C14H14N2O2/c1-11(12-7-3-2-4-8-12)15-13-9-5-6-10-14(13)16(17)18/h2-11,15H,1H3/t11-/m0/s1. The van der Waals surface area contributed by atoms with Gasteiger partial charge in [0.15, 0.2) is 0 Å². The monoisotopic (exact) mass is 242 g/mol. The van der Waals surface area contributed by atoms with Gasteiger partial charge < -0.3 is 5.32 Å². The lowest BCUT2D eigenvalue weighted by molar-refractivity contribution is -0.384. The number of nitro benzene ring substituents is 1. The van der Waals surface area contributed by atoms with Crippen LogP contribution in [-0.4, -0.2) is 4.92 Å². The van der Waals surface area contributed by atoms with Crippen molar-refractivity contribution in [1.29, 1.82) is 0 Å². The predicted octanol–water partition coefficient (Wildman–Crippen LogP) is 3.77. The summed E-state index contributed by atoms with van der Waals surface area (Å²) in [6, 6.07) is 16.5. The van der Waals surface area contributed by atoms with Crippen LogP contribution in [0.5, 0.6) is 0 Å². The molecule has 4 nitrogen and oxygen atoms in total. The number of benzene rings is 2. The fourth-order valence-electron chi connectivity index (χ4n) is 1.81. The van der Waals surface area contributed by atoms with E-state index in [0.29, 0.717) is 5.69 Å². The van der Waals surface area contributed by atoms with Gasteiger partial charge in [-0.15, -0.1) is 0 Å². The number of nitro groups is 1. The van der Waals surface area contributed by atoms with Crippen molar-refractivity contribution in [3.05, 3.63) is 70.3 Å². The van der Waals surface area contributed by atoms with Gasteiger partial charge in [-0.05, 0) is 18.6 Å². The molecule has 4 heteroatoms. The van der Waals surface area contributed by atoms with Gasteiger partial charge in [0.2, 0.25) is 0 Å². The summed E-state index contributed by atoms with van der Waals surface area (Å²) in [5.41, 5.74) is 1.73. The third-order valence-electron chi connectivity index (χ3n) is 2.77. The smallest absolute Gasteiger partial charge is 0.292 e. The summed E-state index contributed by atoms with van der Waals surface area (Å²) in [5, 5.41) is 14.1. The Morgan fingerprint density at radius 2 is 1.67 bits per heavy atom. The molecule has 0 bridgehead atoms. The first-order valence-electron chi connectivity index (χ1n) is 5.73. The van der Waals surface area contributed by atoms with E-state index in [0.717, 1.165) is 5.56 Å². The molecule has 1 atom stereocenters. The Kier molecular flexibility index (Phi) is 3.57. The molecule has 2 aromatic rings. The molecule has 0 unspecified atom stereocenters. The molecule has 0 aliphatic carbocycles. The second kappa shape index (κ2) is 5.31. The summed E-state index contributed by atoms with van der Waals surface area (Å²) in [7, 11) is 0. The van der Waals surface area contributed by atoms with Gasteiger partial charge in [0.1, 0.15) is 5.69 Å². The van der Waals surface area contributed by atoms with Gasteiger partial charge in [-0.1, -0.05) is 42.5 Å². The van der Waals surface area contributed by atoms with E-state index in [2.05, 4.69) is 5.32 Å². The zero-order valence-corrected chi connectivity index (χ0v) is 10.0. The van der Waals surface area contributed by atoms with Gasteiger partial charge in [-0.2, -0.15) is 0 Å². The first-order chi connectivity index (χ1) is 8.68. The summed E-state index contributed by atoms with van der Waals surface area (Å²) in [6.45, 7) is 1.98. The molecule has 0 saturated heterocycles. The molecule has 0 amide bonds. The highest BCUT2D eigenvalue weighted by atomic mass is 16.6. The third kappa shape index (κ3) is 2.66. The van der Waals surface area contributed by atoms with Crippen molar-refractivity contribution in [3.63, 3.8) is 0 Å². The zero-order chi connectivity index (χ0) is 13.0. The van der Waals surface area contributed by atoms with E-state index >= 15 is 0 Å². The Labute approximate surface area is 105 Å². The van der Waals surface area contributed by atoms with Crippen LogP contribution in [0.4, 0.5) is 11.4 Å². The second-order valence-corrected chi connectivity index (χ2v) is 4.05. The van der Waals surface area contributed by atoms with Crippen LogP contribution in [0.3, 0.4) is 0 Å². The average Bonchev–Trinajstić information content (AvgIpc) is 2.40. The fraction of sp³-hybridized carbons (Fsp3) is 0.143. The van der Waals surface area contributed by atoms with Crippen molar-refractivity contribution in [2.24, 2.45) is 0 Å². The molecule has 18 heavy (non-hydrogen) atoms. The molecule has 1 N–H and O–H groups in total. The lowest BCUT2D eigenvalue weighted by atomic mass is 10.1. The van der Waals surface area contributed by atoms with Crippen LogP contribution in [0, 0.1) is 10.1 Å². The van der Waals surface area contributed by atoms with Gasteiger partial charge in [-0.3, -0.25) is 10.1 Å². The molecule has 0 heterocycles. The summed E-state index contributed by atoms with van der Waals surface area (Å²) in [6.07, 6.45) is 0. The van der Waals surface area contributed by atoms with Crippen LogP contribution in [0.1, 0.15) is 18.5 Å². The molecule has 2 aromatic carbocycles. The summed E-state index contributed by atoms with van der Waals surface area (Å²) >= 11 is 0. The van der Waals surface area contributed by atoms with E-state index in [9.17, 15) is 10.1 Å². The average molecular weight is 242 g/mol. The first-order valence-corrected chi connectivity index (χ1v) is 5.73. The Morgan fingerprint density at radius 1 is 1.06 bits per heavy atom. The van der Waals surface area contributed by atoms with E-state index in [4.69, 9.17) is 0 Å². The van der Waals surface area contributed by atoms with Crippen LogP contribution in [0.2, 0.25) is 0 Å². The Bertz CT molecular complexity index is 541. The minimum absolute atomic E-state index is 0.0206. The normalized spacial score (nSPS) is 11.8. The molecule has 0 aliphatic heterocycles. The number of hydrogen-bond acceptors (Lipinski definition) is 3. The van der Waals surface area contributed by atoms with Crippen molar-refractivity contribution in [2.45, 2.75) is 13.0 Å². The molecular formula is C14H14N2O2. The lowest BCUT2D eigenvalue weighted by Gasteiger charge is -2.15. The van der Waals surface area contributed by atoms with Crippen LogP contribution in [-0.2, 0) is 0 Å². The van der Waals surface area contributed by atoms with Gasteiger partial charge in [0.25, 0.3) is 5.69 Å². The van der Waals surface area contributed by atoms with E-state index in [1.807, 2.05) is 37.3 Å². The second-order valence-electron chi connectivity index (χ2n) is 4.05. The first kappa shape index (κ1) is 12.1. The topological polar surface area (TPSA) is 55.2 Å². The van der Waals surface area contributed by atoms with Crippen molar-refractivity contribution in [2.75, 3.05) is 5.32 Å². The maximum atomic E-state index is 10.9. The molecule has 0 saturated carbocycles. The van der Waals surface area contributed by atoms with E-state index in [-0.39, 0.29) is 16.7 Å². The number of nitrogens with zero attached hydrogens (tertiary/aromatic N) is 1. The summed E-state index contributed by atoms with van der Waals surface area (Å²) in [5.74, 6) is 0. The molecule has 2 rings (SSSR count). The fourth-order valence-corrected chi connectivity index (χ4v) is 1.81. The maximum Gasteiger partial charge on any atom is 0.292 e. The molecule has 0 radical (unpaired) electrons. The highest BCUT2D eigenvalue weighted by molar-refractivity contribution is 5.61.